The number of hydrogen-bond acceptors (Lipinski definition) is 4. The molecule has 0 radical (unpaired) electrons. The molecule has 0 aliphatic heterocycles. The molecule has 0 bridgehead atoms. The van der Waals surface area contributed by atoms with Crippen molar-refractivity contribution in [3.63, 3.8) is 0 Å². The van der Waals surface area contributed by atoms with Crippen LogP contribution in [0, 0.1) is 0 Å². The highest BCUT2D eigenvalue weighted by Crippen LogP contribution is 2.29. The van der Waals surface area contributed by atoms with Crippen LogP contribution in [0.4, 0.5) is 0 Å². The molecule has 0 amide bonds. The first-order valence-corrected chi connectivity index (χ1v) is 5.06. The Balaban J connectivity index is 2.35. The van der Waals surface area contributed by atoms with Crippen LogP contribution in [0.1, 0.15) is 19.8 Å². The highest BCUT2D eigenvalue weighted by Gasteiger charge is 2.36. The molecular formula is C6H12O4S. The predicted octanol–water partition coefficient (Wildman–Crippen LogP) is -0.124. The van der Waals surface area contributed by atoms with Crippen LogP contribution in [0.15, 0.2) is 0 Å². The molecule has 4 nitrogen and oxygen atoms in total. The number of hydrogen-bond donors (Lipinski definition) is 1. The number of aliphatic hydroxyl groups is 1. The third-order valence-electron chi connectivity index (χ3n) is 1.41. The number of rotatable bonds is 4. The van der Waals surface area contributed by atoms with E-state index in [9.17, 15) is 8.42 Å². The van der Waals surface area contributed by atoms with Gasteiger partial charge in [-0.25, -0.2) is 0 Å². The molecule has 5 heteroatoms. The monoisotopic (exact) mass is 180 g/mol. The molecule has 1 aliphatic rings. The average Bonchev–Trinajstić information content (AvgIpc) is 2.64. The molecule has 0 aromatic carbocycles. The zero-order valence-electron chi connectivity index (χ0n) is 6.36. The topological polar surface area (TPSA) is 63.6 Å². The molecule has 0 saturated heterocycles. The van der Waals surface area contributed by atoms with E-state index in [2.05, 4.69) is 4.18 Å². The zero-order chi connectivity index (χ0) is 8.48. The van der Waals surface area contributed by atoms with Gasteiger partial charge < -0.3 is 5.11 Å². The molecule has 0 aromatic heterocycles. The molecule has 0 heterocycles. The van der Waals surface area contributed by atoms with Crippen LogP contribution in [0.3, 0.4) is 0 Å². The van der Waals surface area contributed by atoms with Crippen LogP contribution in [0.25, 0.3) is 0 Å². The average molecular weight is 180 g/mol. The van der Waals surface area contributed by atoms with Gasteiger partial charge in [-0.3, -0.25) is 4.18 Å². The van der Waals surface area contributed by atoms with Gasteiger partial charge in [-0.15, -0.1) is 0 Å². The normalized spacial score (nSPS) is 21.6. The van der Waals surface area contributed by atoms with Crippen molar-refractivity contribution in [3.8, 4) is 0 Å². The molecular weight excluding hydrogens is 168 g/mol. The summed E-state index contributed by atoms with van der Waals surface area (Å²) in [4.78, 5) is 0. The van der Waals surface area contributed by atoms with Crippen LogP contribution in [-0.4, -0.2) is 31.5 Å². The quantitative estimate of drug-likeness (QED) is 0.612. The maximum atomic E-state index is 11.0. The molecule has 1 atom stereocenters. The van der Waals surface area contributed by atoms with Crippen molar-refractivity contribution in [1.82, 2.24) is 0 Å². The second-order valence-electron chi connectivity index (χ2n) is 2.83. The van der Waals surface area contributed by atoms with Crippen LogP contribution >= 0.6 is 0 Å². The third kappa shape index (κ3) is 2.76. The van der Waals surface area contributed by atoms with E-state index >= 15 is 0 Å². The van der Waals surface area contributed by atoms with Gasteiger partial charge in [0.25, 0.3) is 10.1 Å². The van der Waals surface area contributed by atoms with Gasteiger partial charge in [0, 0.05) is 0 Å². The molecule has 0 aromatic rings. The fourth-order valence-electron chi connectivity index (χ4n) is 0.646. The summed E-state index contributed by atoms with van der Waals surface area (Å²) in [6.07, 6.45) is 0.674. The number of aliphatic hydroxyl groups excluding tert-OH is 1. The Morgan fingerprint density at radius 1 is 1.64 bits per heavy atom. The van der Waals surface area contributed by atoms with Crippen LogP contribution in [0.2, 0.25) is 0 Å². The third-order valence-corrected chi connectivity index (χ3v) is 3.16. The molecule has 1 fully saturated rings. The minimum atomic E-state index is -3.34. The van der Waals surface area contributed by atoms with E-state index in [1.165, 1.54) is 6.92 Å². The van der Waals surface area contributed by atoms with Gasteiger partial charge in [0.1, 0.15) is 0 Å². The maximum Gasteiger partial charge on any atom is 0.270 e. The summed E-state index contributed by atoms with van der Waals surface area (Å²) in [5.41, 5.74) is 0. The Morgan fingerprint density at radius 3 is 2.55 bits per heavy atom. The van der Waals surface area contributed by atoms with Gasteiger partial charge in [0.2, 0.25) is 0 Å². The van der Waals surface area contributed by atoms with Crippen molar-refractivity contribution in [3.05, 3.63) is 0 Å². The van der Waals surface area contributed by atoms with Gasteiger partial charge in [-0.05, 0) is 19.8 Å². The summed E-state index contributed by atoms with van der Waals surface area (Å²) >= 11 is 0. The molecule has 66 valence electrons. The van der Waals surface area contributed by atoms with Gasteiger partial charge in [-0.1, -0.05) is 0 Å². The van der Waals surface area contributed by atoms with Crippen LogP contribution in [-0.2, 0) is 14.3 Å². The first-order valence-electron chi connectivity index (χ1n) is 3.58. The summed E-state index contributed by atoms with van der Waals surface area (Å²) in [5, 5.41) is 8.42. The molecule has 1 saturated carbocycles. The smallest absolute Gasteiger partial charge is 0.270 e. The van der Waals surface area contributed by atoms with E-state index in [1.54, 1.807) is 0 Å². The van der Waals surface area contributed by atoms with E-state index < -0.39 is 16.2 Å². The highest BCUT2D eigenvalue weighted by molar-refractivity contribution is 7.87. The summed E-state index contributed by atoms with van der Waals surface area (Å²) in [5.74, 6) is 0. The lowest BCUT2D eigenvalue weighted by atomic mass is 10.5. The summed E-state index contributed by atoms with van der Waals surface area (Å²) < 4.78 is 26.5. The second-order valence-corrected chi connectivity index (χ2v) is 4.71. The fraction of sp³-hybridized carbons (Fsp3) is 1.00. The first-order chi connectivity index (χ1) is 5.02. The van der Waals surface area contributed by atoms with Gasteiger partial charge in [0.15, 0.2) is 0 Å². The van der Waals surface area contributed by atoms with Gasteiger partial charge in [-0.2, -0.15) is 8.42 Å². The first kappa shape index (κ1) is 8.96. The largest absolute Gasteiger partial charge is 0.391 e. The molecule has 1 aliphatic carbocycles. The molecule has 0 spiro atoms. The van der Waals surface area contributed by atoms with Crippen molar-refractivity contribution in [2.75, 3.05) is 6.61 Å². The van der Waals surface area contributed by atoms with Crippen molar-refractivity contribution >= 4 is 10.1 Å². The Labute approximate surface area is 66.3 Å². The lowest BCUT2D eigenvalue weighted by Crippen LogP contribution is -2.18. The second kappa shape index (κ2) is 3.08. The standard InChI is InChI=1S/C6H12O4S/c1-5(7)4-10-11(8,9)6-2-3-6/h5-7H,2-4H2,1H3. The summed E-state index contributed by atoms with van der Waals surface area (Å²) in [7, 11) is -3.34. The minimum Gasteiger partial charge on any atom is -0.391 e. The van der Waals surface area contributed by atoms with Gasteiger partial charge in [0.05, 0.1) is 18.0 Å². The molecule has 1 rings (SSSR count). The Hall–Kier alpha value is -0.130. The van der Waals surface area contributed by atoms with E-state index in [-0.39, 0.29) is 11.9 Å². The lowest BCUT2D eigenvalue weighted by Gasteiger charge is -2.04. The van der Waals surface area contributed by atoms with Crippen LogP contribution in [0.5, 0.6) is 0 Å². The van der Waals surface area contributed by atoms with E-state index in [4.69, 9.17) is 5.11 Å². The minimum absolute atomic E-state index is 0.126. The Morgan fingerprint density at radius 2 is 2.18 bits per heavy atom. The maximum absolute atomic E-state index is 11.0. The molecule has 11 heavy (non-hydrogen) atoms. The zero-order valence-corrected chi connectivity index (χ0v) is 7.17. The SMILES string of the molecule is CC(O)COS(=O)(=O)C1CC1. The van der Waals surface area contributed by atoms with Crippen LogP contribution < -0.4 is 0 Å². The Bertz CT molecular complexity index is 215. The van der Waals surface area contributed by atoms with Crippen molar-refractivity contribution in [2.45, 2.75) is 31.1 Å². The van der Waals surface area contributed by atoms with E-state index in [0.717, 1.165) is 0 Å². The summed E-state index contributed by atoms with van der Waals surface area (Å²) in [6.45, 7) is 1.36. The van der Waals surface area contributed by atoms with Crippen molar-refractivity contribution in [1.29, 1.82) is 0 Å². The molecule has 1 N–H and O–H groups in total. The van der Waals surface area contributed by atoms with Gasteiger partial charge >= 0.3 is 0 Å². The van der Waals surface area contributed by atoms with Crippen molar-refractivity contribution < 1.29 is 17.7 Å². The lowest BCUT2D eigenvalue weighted by molar-refractivity contribution is 0.126. The fourth-order valence-corrected chi connectivity index (χ4v) is 1.94. The van der Waals surface area contributed by atoms with Crippen molar-refractivity contribution in [2.24, 2.45) is 0 Å². The predicted molar refractivity (Wildman–Crippen MR) is 39.6 cm³/mol. The molecule has 1 unspecified atom stereocenters. The van der Waals surface area contributed by atoms with E-state index in [0.29, 0.717) is 12.8 Å². The highest BCUT2D eigenvalue weighted by atomic mass is 32.2. The Kier molecular flexibility index (Phi) is 2.51. The summed E-state index contributed by atoms with van der Waals surface area (Å²) in [6, 6.07) is 0. The van der Waals surface area contributed by atoms with E-state index in [1.807, 2.05) is 0 Å².